The standard InChI is InChI=1S/2C10H15.Zr/c2*1-3-4-7-10-8-5-6-9(10)2;/h2*5-6,8H,3-4,7H2,1-2H3;. The van der Waals surface area contributed by atoms with Gasteiger partial charge in [-0.25, -0.2) is 0 Å². The molecule has 0 spiro atoms. The Bertz CT molecular complexity index is 436. The first-order chi connectivity index (χ1) is 10.0. The second kappa shape index (κ2) is 7.41. The van der Waals surface area contributed by atoms with Gasteiger partial charge in [-0.1, -0.05) is 0 Å². The zero-order valence-corrected chi connectivity index (χ0v) is 16.7. The molecule has 0 aromatic heterocycles. The van der Waals surface area contributed by atoms with Gasteiger partial charge in [-0.05, 0) is 0 Å². The normalized spacial score (nSPS) is 30.7. The molecule has 0 saturated heterocycles. The molecule has 2 rings (SSSR count). The zero-order valence-electron chi connectivity index (χ0n) is 14.2. The van der Waals surface area contributed by atoms with Crippen LogP contribution in [0.5, 0.6) is 0 Å². The van der Waals surface area contributed by atoms with Gasteiger partial charge >= 0.3 is 143 Å². The molecule has 21 heavy (non-hydrogen) atoms. The molecule has 2 unspecified atom stereocenters. The summed E-state index contributed by atoms with van der Waals surface area (Å²) in [4.78, 5) is 0. The van der Waals surface area contributed by atoms with E-state index in [1.54, 1.807) is 11.1 Å². The summed E-state index contributed by atoms with van der Waals surface area (Å²) >= 11 is -0.628. The van der Waals surface area contributed by atoms with Crippen LogP contribution in [0.1, 0.15) is 66.2 Å². The van der Waals surface area contributed by atoms with Crippen LogP contribution in [0.15, 0.2) is 47.6 Å². The van der Waals surface area contributed by atoms with Crippen molar-refractivity contribution in [3.05, 3.63) is 47.6 Å². The first-order valence-corrected chi connectivity index (χ1v) is 11.1. The fraction of sp³-hybridized carbons (Fsp3) is 0.600. The number of hydrogen-bond donors (Lipinski definition) is 0. The average Bonchev–Trinajstić information content (AvgIpc) is 2.97. The Morgan fingerprint density at radius 2 is 1.24 bits per heavy atom. The van der Waals surface area contributed by atoms with Crippen LogP contribution in [0.3, 0.4) is 0 Å². The summed E-state index contributed by atoms with van der Waals surface area (Å²) < 4.78 is 0.848. The first kappa shape index (κ1) is 17.2. The van der Waals surface area contributed by atoms with Crippen LogP contribution in [0.2, 0.25) is 6.25 Å². The van der Waals surface area contributed by atoms with Gasteiger partial charge in [-0.3, -0.25) is 0 Å². The van der Waals surface area contributed by atoms with Crippen molar-refractivity contribution < 1.29 is 23.2 Å². The van der Waals surface area contributed by atoms with Crippen LogP contribution in [0.25, 0.3) is 0 Å². The Balaban J connectivity index is 2.09. The van der Waals surface area contributed by atoms with Crippen molar-refractivity contribution in [2.24, 2.45) is 0 Å². The van der Waals surface area contributed by atoms with Gasteiger partial charge in [0.25, 0.3) is 0 Å². The quantitative estimate of drug-likeness (QED) is 0.446. The van der Waals surface area contributed by atoms with Crippen LogP contribution in [-0.4, -0.2) is 0 Å². The average molecular weight is 362 g/mol. The van der Waals surface area contributed by atoms with Crippen molar-refractivity contribution in [2.45, 2.75) is 72.5 Å². The summed E-state index contributed by atoms with van der Waals surface area (Å²) in [5.41, 5.74) is 3.43. The van der Waals surface area contributed by atoms with Gasteiger partial charge in [0.05, 0.1) is 0 Å². The summed E-state index contributed by atoms with van der Waals surface area (Å²) in [6.45, 7) is 9.62. The van der Waals surface area contributed by atoms with E-state index >= 15 is 0 Å². The van der Waals surface area contributed by atoms with E-state index in [1.165, 1.54) is 38.5 Å². The summed E-state index contributed by atoms with van der Waals surface area (Å²) in [5.74, 6) is 0. The van der Waals surface area contributed by atoms with Crippen molar-refractivity contribution in [2.75, 3.05) is 0 Å². The predicted octanol–water partition coefficient (Wildman–Crippen LogP) is 6.80. The van der Waals surface area contributed by atoms with E-state index in [0.29, 0.717) is 6.25 Å². The zero-order chi connectivity index (χ0) is 15.3. The van der Waals surface area contributed by atoms with Gasteiger partial charge in [-0.2, -0.15) is 0 Å². The molecule has 0 amide bonds. The van der Waals surface area contributed by atoms with Crippen LogP contribution in [-0.2, 0) is 23.2 Å². The Labute approximate surface area is 143 Å². The molecule has 0 heterocycles. The van der Waals surface area contributed by atoms with Crippen molar-refractivity contribution in [3.63, 3.8) is 0 Å². The molecular weight excluding hydrogens is 331 g/mol. The van der Waals surface area contributed by atoms with E-state index in [0.717, 1.165) is 0 Å². The molecule has 1 heteroatoms. The van der Waals surface area contributed by atoms with Crippen molar-refractivity contribution >= 4 is 0 Å². The van der Waals surface area contributed by atoms with Crippen LogP contribution in [0.4, 0.5) is 0 Å². The Hall–Kier alpha value is -0.157. The van der Waals surface area contributed by atoms with E-state index in [4.69, 9.17) is 0 Å². The molecule has 2 atom stereocenters. The molecule has 0 bridgehead atoms. The molecule has 0 saturated carbocycles. The number of rotatable bonds is 8. The Kier molecular flexibility index (Phi) is 6.07. The number of hydrogen-bond acceptors (Lipinski definition) is 0. The second-order valence-corrected chi connectivity index (χ2v) is 12.6. The maximum atomic E-state index is 2.51. The molecule has 2 aliphatic carbocycles. The third-order valence-electron chi connectivity index (χ3n) is 4.91. The van der Waals surface area contributed by atoms with Gasteiger partial charge in [0.1, 0.15) is 0 Å². The van der Waals surface area contributed by atoms with Crippen molar-refractivity contribution in [1.82, 2.24) is 0 Å². The molecule has 0 fully saturated rings. The Morgan fingerprint density at radius 1 is 0.810 bits per heavy atom. The van der Waals surface area contributed by atoms with Gasteiger partial charge < -0.3 is 0 Å². The molecule has 0 N–H and O–H groups in total. The van der Waals surface area contributed by atoms with E-state index in [9.17, 15) is 0 Å². The third kappa shape index (κ3) is 3.98. The summed E-state index contributed by atoms with van der Waals surface area (Å²) in [5, 5.41) is 0. The minimum absolute atomic E-state index is 0.424. The molecule has 0 aliphatic heterocycles. The minimum atomic E-state index is -0.628. The molecule has 0 radical (unpaired) electrons. The van der Waals surface area contributed by atoms with Crippen LogP contribution < -0.4 is 0 Å². The summed E-state index contributed by atoms with van der Waals surface area (Å²) in [6, 6.07) is 0. The van der Waals surface area contributed by atoms with Crippen LogP contribution >= 0.6 is 0 Å². The SMILES string of the molecule is CCCCC1=CC=C[C]1(C)[Zr][C]1(C)C=CC=C1CCCC. The molecule has 0 nitrogen and oxygen atoms in total. The van der Waals surface area contributed by atoms with E-state index in [-0.39, 0.29) is 0 Å². The third-order valence-corrected chi connectivity index (χ3v) is 9.86. The Morgan fingerprint density at radius 3 is 1.62 bits per heavy atom. The van der Waals surface area contributed by atoms with Gasteiger partial charge in [0, 0.05) is 0 Å². The monoisotopic (exact) mass is 360 g/mol. The topological polar surface area (TPSA) is 0 Å². The van der Waals surface area contributed by atoms with Gasteiger partial charge in [0.2, 0.25) is 0 Å². The second-order valence-electron chi connectivity index (χ2n) is 6.84. The van der Waals surface area contributed by atoms with Gasteiger partial charge in [-0.15, -0.1) is 0 Å². The fourth-order valence-corrected chi connectivity index (χ4v) is 8.83. The van der Waals surface area contributed by atoms with Crippen molar-refractivity contribution in [3.8, 4) is 0 Å². The first-order valence-electron chi connectivity index (χ1n) is 8.61. The predicted molar refractivity (Wildman–Crippen MR) is 90.2 cm³/mol. The summed E-state index contributed by atoms with van der Waals surface area (Å²) in [7, 11) is 0. The molecule has 0 aromatic rings. The van der Waals surface area contributed by atoms with E-state index in [2.05, 4.69) is 64.2 Å². The molecular formula is C20H30Zr. The number of unbranched alkanes of at least 4 members (excludes halogenated alkanes) is 2. The fourth-order valence-electron chi connectivity index (χ4n) is 3.48. The number of allylic oxidation sites excluding steroid dienone is 8. The molecule has 2 aliphatic rings. The maximum absolute atomic E-state index is 2.51. The summed E-state index contributed by atoms with van der Waals surface area (Å²) in [6.07, 6.45) is 22.4. The van der Waals surface area contributed by atoms with Gasteiger partial charge in [0.15, 0.2) is 0 Å². The molecule has 0 aromatic carbocycles. The van der Waals surface area contributed by atoms with Crippen LogP contribution in [0, 0.1) is 0 Å². The van der Waals surface area contributed by atoms with Crippen molar-refractivity contribution in [1.29, 1.82) is 0 Å². The van der Waals surface area contributed by atoms with E-state index in [1.807, 2.05) is 0 Å². The molecule has 114 valence electrons. The van der Waals surface area contributed by atoms with E-state index < -0.39 is 23.2 Å².